The van der Waals surface area contributed by atoms with Crippen molar-refractivity contribution in [3.8, 4) is 11.4 Å². The predicted octanol–water partition coefficient (Wildman–Crippen LogP) is 3.50. The van der Waals surface area contributed by atoms with E-state index in [0.717, 1.165) is 18.5 Å². The number of hydrogen-bond donors (Lipinski definition) is 1. The second-order valence-electron chi connectivity index (χ2n) is 6.64. The van der Waals surface area contributed by atoms with Gasteiger partial charge in [-0.3, -0.25) is 14.5 Å². The minimum Gasteiger partial charge on any atom is -0.336 e. The minimum absolute atomic E-state index is 0.0605. The van der Waals surface area contributed by atoms with Gasteiger partial charge in [-0.1, -0.05) is 54.1 Å². The number of fused-ring (bicyclic) bond motifs is 1. The summed E-state index contributed by atoms with van der Waals surface area (Å²) in [6.07, 6.45) is 0.892. The SMILES string of the molecule is Cc1ccc(-c2n[nH]c(=S)n2CC(=O)N2CCc3ccccc3C2)cc1. The molecule has 0 saturated carbocycles. The van der Waals surface area contributed by atoms with Gasteiger partial charge in [0.05, 0.1) is 0 Å². The molecule has 0 radical (unpaired) electrons. The van der Waals surface area contributed by atoms with Crippen LogP contribution < -0.4 is 0 Å². The van der Waals surface area contributed by atoms with Crippen LogP contribution in [0.25, 0.3) is 11.4 Å². The lowest BCUT2D eigenvalue weighted by Crippen LogP contribution is -2.38. The van der Waals surface area contributed by atoms with E-state index < -0.39 is 0 Å². The fourth-order valence-electron chi connectivity index (χ4n) is 3.33. The maximum atomic E-state index is 12.9. The molecule has 0 saturated heterocycles. The van der Waals surface area contributed by atoms with Crippen molar-refractivity contribution in [2.45, 2.75) is 26.4 Å². The third kappa shape index (κ3) is 3.20. The van der Waals surface area contributed by atoms with Crippen molar-refractivity contribution in [2.24, 2.45) is 0 Å². The summed E-state index contributed by atoms with van der Waals surface area (Å²) >= 11 is 5.36. The Balaban J connectivity index is 1.56. The number of aromatic amines is 1. The number of aromatic nitrogens is 3. The molecule has 0 spiro atoms. The lowest BCUT2D eigenvalue weighted by Gasteiger charge is -2.29. The highest BCUT2D eigenvalue weighted by Crippen LogP contribution is 2.21. The average molecular weight is 364 g/mol. The highest BCUT2D eigenvalue weighted by atomic mass is 32.1. The minimum atomic E-state index is 0.0605. The largest absolute Gasteiger partial charge is 0.336 e. The lowest BCUT2D eigenvalue weighted by atomic mass is 10.00. The van der Waals surface area contributed by atoms with Crippen molar-refractivity contribution in [3.63, 3.8) is 0 Å². The Morgan fingerprint density at radius 1 is 1.15 bits per heavy atom. The van der Waals surface area contributed by atoms with Gasteiger partial charge in [-0.25, -0.2) is 0 Å². The van der Waals surface area contributed by atoms with Crippen LogP contribution in [-0.4, -0.2) is 32.1 Å². The Hall–Kier alpha value is -2.73. The van der Waals surface area contributed by atoms with Crippen molar-refractivity contribution in [1.29, 1.82) is 0 Å². The standard InChI is InChI=1S/C20H20N4OS/c1-14-6-8-16(9-7-14)19-21-22-20(26)24(19)13-18(25)23-11-10-15-4-2-3-5-17(15)12-23/h2-9H,10-13H2,1H3,(H,22,26). The van der Waals surface area contributed by atoms with Crippen molar-refractivity contribution in [1.82, 2.24) is 19.7 Å². The molecule has 0 bridgehead atoms. The van der Waals surface area contributed by atoms with Crippen molar-refractivity contribution < 1.29 is 4.79 Å². The van der Waals surface area contributed by atoms with Gasteiger partial charge < -0.3 is 4.90 Å². The molecule has 1 aromatic heterocycles. The Labute approximate surface area is 157 Å². The highest BCUT2D eigenvalue weighted by molar-refractivity contribution is 7.71. The molecule has 0 atom stereocenters. The van der Waals surface area contributed by atoms with Gasteiger partial charge in [0.25, 0.3) is 0 Å². The molecule has 2 aromatic carbocycles. The third-order valence-electron chi connectivity index (χ3n) is 4.84. The first kappa shape index (κ1) is 16.7. The quantitative estimate of drug-likeness (QED) is 0.724. The van der Waals surface area contributed by atoms with Gasteiger partial charge in [-0.15, -0.1) is 0 Å². The number of carbonyl (C=O) groups is 1. The van der Waals surface area contributed by atoms with E-state index in [2.05, 4.69) is 28.4 Å². The molecule has 5 nitrogen and oxygen atoms in total. The molecule has 1 amide bonds. The second-order valence-corrected chi connectivity index (χ2v) is 7.03. The average Bonchev–Trinajstić information content (AvgIpc) is 3.02. The maximum Gasteiger partial charge on any atom is 0.242 e. The summed E-state index contributed by atoms with van der Waals surface area (Å²) in [6.45, 7) is 3.63. The molecule has 132 valence electrons. The maximum absolute atomic E-state index is 12.9. The molecule has 3 aromatic rings. The zero-order valence-corrected chi connectivity index (χ0v) is 15.4. The Bertz CT molecular complexity index is 1000. The third-order valence-corrected chi connectivity index (χ3v) is 5.16. The fourth-order valence-corrected chi connectivity index (χ4v) is 3.53. The number of rotatable bonds is 3. The van der Waals surface area contributed by atoms with E-state index in [-0.39, 0.29) is 12.5 Å². The number of nitrogens with one attached hydrogen (secondary N) is 1. The van der Waals surface area contributed by atoms with Gasteiger partial charge in [0.2, 0.25) is 5.91 Å². The topological polar surface area (TPSA) is 53.9 Å². The van der Waals surface area contributed by atoms with Crippen LogP contribution >= 0.6 is 12.2 Å². The van der Waals surface area contributed by atoms with Crippen molar-refractivity contribution >= 4 is 18.1 Å². The van der Waals surface area contributed by atoms with Gasteiger partial charge in [0.15, 0.2) is 10.6 Å². The number of H-pyrrole nitrogens is 1. The predicted molar refractivity (Wildman–Crippen MR) is 103 cm³/mol. The van der Waals surface area contributed by atoms with Crippen LogP contribution in [0.5, 0.6) is 0 Å². The second kappa shape index (κ2) is 6.88. The normalized spacial score (nSPS) is 13.5. The van der Waals surface area contributed by atoms with E-state index in [1.165, 1.54) is 16.7 Å². The van der Waals surface area contributed by atoms with Gasteiger partial charge >= 0.3 is 0 Å². The molecule has 4 rings (SSSR count). The van der Waals surface area contributed by atoms with Crippen molar-refractivity contribution in [3.05, 3.63) is 70.0 Å². The van der Waals surface area contributed by atoms with Crippen molar-refractivity contribution in [2.75, 3.05) is 6.54 Å². The first-order valence-electron chi connectivity index (χ1n) is 8.68. The van der Waals surface area contributed by atoms with E-state index in [1.54, 1.807) is 4.57 Å². The van der Waals surface area contributed by atoms with Crippen LogP contribution in [0.3, 0.4) is 0 Å². The van der Waals surface area contributed by atoms with Crippen LogP contribution in [0, 0.1) is 11.7 Å². The van der Waals surface area contributed by atoms with Crippen LogP contribution in [0.4, 0.5) is 0 Å². The molecule has 26 heavy (non-hydrogen) atoms. The van der Waals surface area contributed by atoms with Crippen LogP contribution in [-0.2, 0) is 24.3 Å². The Kier molecular flexibility index (Phi) is 4.42. The van der Waals surface area contributed by atoms with Gasteiger partial charge in [0, 0.05) is 18.7 Å². The number of aryl methyl sites for hydroxylation is 1. The van der Waals surface area contributed by atoms with Crippen LogP contribution in [0.1, 0.15) is 16.7 Å². The summed E-state index contributed by atoms with van der Waals surface area (Å²) in [5.74, 6) is 0.756. The number of benzene rings is 2. The summed E-state index contributed by atoms with van der Waals surface area (Å²) in [5.41, 5.74) is 4.68. The molecule has 1 N–H and O–H groups in total. The van der Waals surface area contributed by atoms with E-state index in [9.17, 15) is 4.79 Å². The summed E-state index contributed by atoms with van der Waals surface area (Å²) in [7, 11) is 0. The molecular weight excluding hydrogens is 344 g/mol. The fraction of sp³-hybridized carbons (Fsp3) is 0.250. The van der Waals surface area contributed by atoms with Gasteiger partial charge in [-0.05, 0) is 36.7 Å². The molecule has 0 unspecified atom stereocenters. The van der Waals surface area contributed by atoms with Crippen LogP contribution in [0.15, 0.2) is 48.5 Å². The van der Waals surface area contributed by atoms with E-state index in [4.69, 9.17) is 12.2 Å². The Morgan fingerprint density at radius 2 is 1.88 bits per heavy atom. The first-order valence-corrected chi connectivity index (χ1v) is 9.09. The molecule has 1 aliphatic rings. The summed E-state index contributed by atoms with van der Waals surface area (Å²) in [5, 5.41) is 7.14. The molecule has 1 aliphatic heterocycles. The van der Waals surface area contributed by atoms with E-state index in [0.29, 0.717) is 17.1 Å². The van der Waals surface area contributed by atoms with E-state index in [1.807, 2.05) is 42.2 Å². The number of amides is 1. The molecule has 6 heteroatoms. The highest BCUT2D eigenvalue weighted by Gasteiger charge is 2.22. The molecule has 0 fully saturated rings. The number of hydrogen-bond acceptors (Lipinski definition) is 3. The van der Waals surface area contributed by atoms with Gasteiger partial charge in [0.1, 0.15) is 6.54 Å². The van der Waals surface area contributed by atoms with E-state index >= 15 is 0 Å². The first-order chi connectivity index (χ1) is 12.6. The monoisotopic (exact) mass is 364 g/mol. The zero-order chi connectivity index (χ0) is 18.1. The lowest BCUT2D eigenvalue weighted by molar-refractivity contribution is -0.132. The number of nitrogens with zero attached hydrogens (tertiary/aromatic N) is 3. The molecular formula is C20H20N4OS. The summed E-state index contributed by atoms with van der Waals surface area (Å²) < 4.78 is 2.24. The van der Waals surface area contributed by atoms with Gasteiger partial charge in [-0.2, -0.15) is 5.10 Å². The molecule has 0 aliphatic carbocycles. The summed E-state index contributed by atoms with van der Waals surface area (Å²) in [6, 6.07) is 16.4. The zero-order valence-electron chi connectivity index (χ0n) is 14.6. The summed E-state index contributed by atoms with van der Waals surface area (Å²) in [4.78, 5) is 14.8. The number of carbonyl (C=O) groups excluding carboxylic acids is 1. The smallest absolute Gasteiger partial charge is 0.242 e. The molecule has 2 heterocycles. The Morgan fingerprint density at radius 3 is 2.65 bits per heavy atom. The van der Waals surface area contributed by atoms with Crippen LogP contribution in [0.2, 0.25) is 0 Å².